The van der Waals surface area contributed by atoms with E-state index in [0.717, 1.165) is 24.2 Å². The second kappa shape index (κ2) is 8.39. The first-order chi connectivity index (χ1) is 13.2. The van der Waals surface area contributed by atoms with Crippen molar-refractivity contribution in [2.75, 3.05) is 6.54 Å². The van der Waals surface area contributed by atoms with Gasteiger partial charge >= 0.3 is 12.1 Å². The molecule has 1 aromatic carbocycles. The van der Waals surface area contributed by atoms with Crippen molar-refractivity contribution in [2.24, 2.45) is 0 Å². The van der Waals surface area contributed by atoms with Crippen molar-refractivity contribution in [2.45, 2.75) is 76.9 Å². The van der Waals surface area contributed by atoms with Crippen molar-refractivity contribution in [3.8, 4) is 5.75 Å². The molecule has 0 unspecified atom stereocenters. The molecule has 0 amide bonds. The highest BCUT2D eigenvalue weighted by atomic mass is 16.7. The largest absolute Gasteiger partial charge is 0.509 e. The van der Waals surface area contributed by atoms with E-state index in [0.29, 0.717) is 19.1 Å². The minimum Gasteiger partial charge on any atom is -0.490 e. The van der Waals surface area contributed by atoms with E-state index < -0.39 is 29.9 Å². The van der Waals surface area contributed by atoms with Crippen LogP contribution in [0.1, 0.15) is 46.1 Å². The van der Waals surface area contributed by atoms with Crippen LogP contribution in [-0.2, 0) is 25.4 Å². The summed E-state index contributed by atoms with van der Waals surface area (Å²) >= 11 is 0. The molecular weight excluding hydrogens is 362 g/mol. The first kappa shape index (κ1) is 20.5. The third-order valence-electron chi connectivity index (χ3n) is 4.49. The van der Waals surface area contributed by atoms with Gasteiger partial charge < -0.3 is 24.3 Å². The Labute approximate surface area is 165 Å². The van der Waals surface area contributed by atoms with Gasteiger partial charge in [0.25, 0.3) is 0 Å². The number of carbonyl (C=O) groups excluding carboxylic acids is 2. The lowest BCUT2D eigenvalue weighted by atomic mass is 10.0. The van der Waals surface area contributed by atoms with Crippen LogP contribution in [0.5, 0.6) is 5.75 Å². The van der Waals surface area contributed by atoms with Gasteiger partial charge in [0.1, 0.15) is 11.4 Å². The van der Waals surface area contributed by atoms with Gasteiger partial charge in [-0.3, -0.25) is 4.79 Å². The Morgan fingerprint density at radius 2 is 1.79 bits per heavy atom. The van der Waals surface area contributed by atoms with E-state index in [9.17, 15) is 9.59 Å². The van der Waals surface area contributed by atoms with Crippen LogP contribution >= 0.6 is 0 Å². The van der Waals surface area contributed by atoms with E-state index in [1.54, 1.807) is 20.8 Å². The average Bonchev–Trinajstić information content (AvgIpc) is 3.32. The Bertz CT molecular complexity index is 692. The molecule has 1 aliphatic carbocycles. The third kappa shape index (κ3) is 6.12. The summed E-state index contributed by atoms with van der Waals surface area (Å²) in [6, 6.07) is 7.76. The predicted molar refractivity (Wildman–Crippen MR) is 102 cm³/mol. The van der Waals surface area contributed by atoms with E-state index >= 15 is 0 Å². The first-order valence-electron chi connectivity index (χ1n) is 9.75. The SMILES string of the molecule is CC(=O)O[C@@H]1[C@@H](OC(=O)OC(C)(C)C)CN[C@@H]1Cc1ccc(OC2CC2)cc1. The minimum absolute atomic E-state index is 0.161. The Balaban J connectivity index is 1.61. The first-order valence-corrected chi connectivity index (χ1v) is 9.75. The molecular formula is C21H29NO6. The summed E-state index contributed by atoms with van der Waals surface area (Å²) in [5, 5.41) is 3.29. The molecule has 28 heavy (non-hydrogen) atoms. The van der Waals surface area contributed by atoms with Crippen molar-refractivity contribution in [3.05, 3.63) is 29.8 Å². The van der Waals surface area contributed by atoms with Gasteiger partial charge in [-0.2, -0.15) is 0 Å². The van der Waals surface area contributed by atoms with Crippen LogP contribution in [0.15, 0.2) is 24.3 Å². The van der Waals surface area contributed by atoms with Crippen molar-refractivity contribution in [3.63, 3.8) is 0 Å². The number of esters is 1. The van der Waals surface area contributed by atoms with Crippen LogP contribution in [-0.4, -0.2) is 48.6 Å². The third-order valence-corrected chi connectivity index (χ3v) is 4.49. The maximum atomic E-state index is 12.0. The Hall–Kier alpha value is -2.28. The number of hydrogen-bond donors (Lipinski definition) is 1. The molecule has 1 N–H and O–H groups in total. The second-order valence-corrected chi connectivity index (χ2v) is 8.37. The minimum atomic E-state index is -0.765. The molecule has 1 aliphatic heterocycles. The number of hydrogen-bond acceptors (Lipinski definition) is 7. The number of carbonyl (C=O) groups is 2. The Morgan fingerprint density at radius 1 is 1.11 bits per heavy atom. The van der Waals surface area contributed by atoms with Crippen LogP contribution in [0.2, 0.25) is 0 Å². The van der Waals surface area contributed by atoms with Gasteiger partial charge in [0, 0.05) is 13.5 Å². The molecule has 0 radical (unpaired) electrons. The summed E-state index contributed by atoms with van der Waals surface area (Å²) in [7, 11) is 0. The van der Waals surface area contributed by atoms with Gasteiger partial charge in [0.15, 0.2) is 12.2 Å². The molecule has 7 heteroatoms. The van der Waals surface area contributed by atoms with Gasteiger partial charge in [0.2, 0.25) is 0 Å². The summed E-state index contributed by atoms with van der Waals surface area (Å²) < 4.78 is 21.9. The summed E-state index contributed by atoms with van der Waals surface area (Å²) in [5.41, 5.74) is 0.430. The summed E-state index contributed by atoms with van der Waals surface area (Å²) in [4.78, 5) is 23.6. The summed E-state index contributed by atoms with van der Waals surface area (Å²) in [5.74, 6) is 0.456. The zero-order valence-corrected chi connectivity index (χ0v) is 16.9. The molecule has 0 aromatic heterocycles. The lowest BCUT2D eigenvalue weighted by Gasteiger charge is -2.25. The lowest BCUT2D eigenvalue weighted by molar-refractivity contribution is -0.152. The Morgan fingerprint density at radius 3 is 2.36 bits per heavy atom. The predicted octanol–water partition coefficient (Wildman–Crippen LogP) is 2.99. The molecule has 1 saturated carbocycles. The maximum Gasteiger partial charge on any atom is 0.509 e. The van der Waals surface area contributed by atoms with Crippen molar-refractivity contribution >= 4 is 12.1 Å². The topological polar surface area (TPSA) is 83.1 Å². The molecule has 0 spiro atoms. The van der Waals surface area contributed by atoms with Crippen LogP contribution in [0, 0.1) is 0 Å². The highest BCUT2D eigenvalue weighted by molar-refractivity contribution is 5.66. The van der Waals surface area contributed by atoms with Crippen molar-refractivity contribution in [1.29, 1.82) is 0 Å². The van der Waals surface area contributed by atoms with E-state index in [4.69, 9.17) is 18.9 Å². The normalized spacial score (nSPS) is 24.5. The quantitative estimate of drug-likeness (QED) is 0.747. The number of ether oxygens (including phenoxy) is 4. The molecule has 2 aliphatic rings. The zero-order chi connectivity index (χ0) is 20.3. The van der Waals surface area contributed by atoms with Crippen molar-refractivity contribution in [1.82, 2.24) is 5.32 Å². The standard InChI is InChI=1S/C21H29NO6/c1-13(23)25-19-17(22-12-18(19)27-20(24)28-21(2,3)4)11-14-5-7-15(8-6-14)26-16-9-10-16/h5-8,16-19,22H,9-12H2,1-4H3/t17-,18+,19+/m1/s1. The summed E-state index contributed by atoms with van der Waals surface area (Å²) in [6.45, 7) is 7.05. The van der Waals surface area contributed by atoms with Crippen LogP contribution in [0.4, 0.5) is 4.79 Å². The fraction of sp³-hybridized carbons (Fsp3) is 0.619. The van der Waals surface area contributed by atoms with E-state index in [-0.39, 0.29) is 6.04 Å². The summed E-state index contributed by atoms with van der Waals surface area (Å²) in [6.07, 6.45) is 1.30. The highest BCUT2D eigenvalue weighted by Gasteiger charge is 2.41. The zero-order valence-electron chi connectivity index (χ0n) is 16.9. The maximum absolute atomic E-state index is 12.0. The van der Waals surface area contributed by atoms with Crippen molar-refractivity contribution < 1.29 is 28.5 Å². The fourth-order valence-electron chi connectivity index (χ4n) is 3.14. The molecule has 7 nitrogen and oxygen atoms in total. The van der Waals surface area contributed by atoms with E-state index in [2.05, 4.69) is 5.32 Å². The van der Waals surface area contributed by atoms with E-state index in [1.165, 1.54) is 6.92 Å². The van der Waals surface area contributed by atoms with Gasteiger partial charge in [0.05, 0.1) is 12.1 Å². The number of nitrogens with one attached hydrogen (secondary N) is 1. The van der Waals surface area contributed by atoms with Crippen LogP contribution in [0.25, 0.3) is 0 Å². The monoisotopic (exact) mass is 391 g/mol. The molecule has 3 atom stereocenters. The molecule has 3 rings (SSSR count). The fourth-order valence-corrected chi connectivity index (χ4v) is 3.14. The molecule has 154 valence electrons. The smallest absolute Gasteiger partial charge is 0.490 e. The molecule has 1 heterocycles. The average molecular weight is 391 g/mol. The van der Waals surface area contributed by atoms with Crippen LogP contribution in [0.3, 0.4) is 0 Å². The van der Waals surface area contributed by atoms with Gasteiger partial charge in [-0.15, -0.1) is 0 Å². The Kier molecular flexibility index (Phi) is 6.13. The van der Waals surface area contributed by atoms with E-state index in [1.807, 2.05) is 24.3 Å². The van der Waals surface area contributed by atoms with Gasteiger partial charge in [-0.25, -0.2) is 4.79 Å². The molecule has 1 saturated heterocycles. The molecule has 1 aromatic rings. The molecule has 2 fully saturated rings. The second-order valence-electron chi connectivity index (χ2n) is 8.37. The highest BCUT2D eigenvalue weighted by Crippen LogP contribution is 2.27. The number of rotatable bonds is 6. The number of benzene rings is 1. The van der Waals surface area contributed by atoms with Crippen LogP contribution < -0.4 is 10.1 Å². The van der Waals surface area contributed by atoms with Gasteiger partial charge in [-0.05, 0) is 57.7 Å². The lowest BCUT2D eigenvalue weighted by Crippen LogP contribution is -2.40. The van der Waals surface area contributed by atoms with Gasteiger partial charge in [-0.1, -0.05) is 12.1 Å². The molecule has 0 bridgehead atoms.